The van der Waals surface area contributed by atoms with E-state index in [9.17, 15) is 4.79 Å². The molecule has 0 amide bonds. The van der Waals surface area contributed by atoms with E-state index in [4.69, 9.17) is 9.84 Å². The lowest BCUT2D eigenvalue weighted by atomic mass is 9.89. The van der Waals surface area contributed by atoms with E-state index in [1.54, 1.807) is 18.2 Å². The zero-order chi connectivity index (χ0) is 12.4. The van der Waals surface area contributed by atoms with Gasteiger partial charge in [0.15, 0.2) is 0 Å². The third-order valence-corrected chi connectivity index (χ3v) is 3.60. The summed E-state index contributed by atoms with van der Waals surface area (Å²) >= 11 is 3.33. The molecule has 1 saturated carbocycles. The molecule has 0 heterocycles. The van der Waals surface area contributed by atoms with Crippen LogP contribution in [0.4, 0.5) is 0 Å². The second kappa shape index (κ2) is 5.06. The fourth-order valence-electron chi connectivity index (χ4n) is 1.81. The molecule has 1 aliphatic carbocycles. The first-order valence-corrected chi connectivity index (χ1v) is 6.26. The van der Waals surface area contributed by atoms with Gasteiger partial charge < -0.3 is 15.2 Å². The van der Waals surface area contributed by atoms with Crippen molar-refractivity contribution in [2.75, 3.05) is 7.05 Å². The Bertz CT molecular complexity index is 430. The van der Waals surface area contributed by atoms with Crippen LogP contribution >= 0.6 is 15.9 Å². The van der Waals surface area contributed by atoms with Gasteiger partial charge in [-0.25, -0.2) is 4.79 Å². The highest BCUT2D eigenvalue weighted by Crippen LogP contribution is 2.31. The van der Waals surface area contributed by atoms with E-state index in [1.165, 1.54) is 0 Å². The monoisotopic (exact) mass is 299 g/mol. The molecule has 0 unspecified atom stereocenters. The molecule has 0 aliphatic heterocycles. The number of nitrogens with one attached hydrogen (secondary N) is 1. The van der Waals surface area contributed by atoms with Crippen molar-refractivity contribution in [2.24, 2.45) is 0 Å². The largest absolute Gasteiger partial charge is 0.489 e. The fraction of sp³-hybridized carbons (Fsp3) is 0.417. The summed E-state index contributed by atoms with van der Waals surface area (Å²) in [6.07, 6.45) is 2.20. The zero-order valence-corrected chi connectivity index (χ0v) is 11.0. The number of carbonyl (C=O) groups is 1. The number of benzene rings is 1. The molecule has 0 spiro atoms. The Morgan fingerprint density at radius 2 is 2.24 bits per heavy atom. The van der Waals surface area contributed by atoms with Gasteiger partial charge in [0.1, 0.15) is 11.9 Å². The Kier molecular flexibility index (Phi) is 3.69. The van der Waals surface area contributed by atoms with Crippen LogP contribution in [0, 0.1) is 0 Å². The molecule has 0 atom stereocenters. The molecule has 92 valence electrons. The van der Waals surface area contributed by atoms with E-state index >= 15 is 0 Å². The molecule has 1 fully saturated rings. The molecule has 1 aromatic rings. The van der Waals surface area contributed by atoms with Gasteiger partial charge in [-0.15, -0.1) is 0 Å². The standard InChI is InChI=1S/C12H14BrNO3/c1-14-8-5-9(6-8)17-11-3-2-7(12(15)16)4-10(11)13/h2-4,8-9,14H,5-6H2,1H3,(H,15,16). The number of ether oxygens (including phenoxy) is 1. The number of aromatic carboxylic acids is 1. The second-order valence-corrected chi connectivity index (χ2v) is 5.00. The summed E-state index contributed by atoms with van der Waals surface area (Å²) < 4.78 is 6.45. The quantitative estimate of drug-likeness (QED) is 0.895. The highest BCUT2D eigenvalue weighted by atomic mass is 79.9. The molecular weight excluding hydrogens is 286 g/mol. The Labute approximate surface area is 108 Å². The number of carboxylic acids is 1. The van der Waals surface area contributed by atoms with Gasteiger partial charge in [0.05, 0.1) is 10.0 Å². The first-order valence-electron chi connectivity index (χ1n) is 5.47. The third-order valence-electron chi connectivity index (χ3n) is 2.98. The summed E-state index contributed by atoms with van der Waals surface area (Å²) in [4.78, 5) is 10.8. The molecule has 0 saturated heterocycles. The number of carboxylic acid groups (broad SMARTS) is 1. The average Bonchev–Trinajstić information content (AvgIpc) is 2.24. The molecule has 0 aromatic heterocycles. The molecule has 2 rings (SSSR count). The van der Waals surface area contributed by atoms with Crippen molar-refractivity contribution in [1.82, 2.24) is 5.32 Å². The van der Waals surface area contributed by atoms with Crippen LogP contribution in [-0.2, 0) is 0 Å². The number of halogens is 1. The maximum Gasteiger partial charge on any atom is 0.335 e. The summed E-state index contributed by atoms with van der Waals surface area (Å²) in [6, 6.07) is 5.35. The normalized spacial score (nSPS) is 22.9. The molecule has 0 bridgehead atoms. The topological polar surface area (TPSA) is 58.6 Å². The van der Waals surface area contributed by atoms with E-state index in [0.29, 0.717) is 16.3 Å². The van der Waals surface area contributed by atoms with Crippen molar-refractivity contribution in [1.29, 1.82) is 0 Å². The van der Waals surface area contributed by atoms with Crippen molar-refractivity contribution >= 4 is 21.9 Å². The zero-order valence-electron chi connectivity index (χ0n) is 9.44. The Morgan fingerprint density at radius 1 is 1.53 bits per heavy atom. The number of rotatable bonds is 4. The molecule has 5 heteroatoms. The maximum absolute atomic E-state index is 10.8. The minimum absolute atomic E-state index is 0.222. The third kappa shape index (κ3) is 2.79. The molecular formula is C12H14BrNO3. The lowest BCUT2D eigenvalue weighted by Gasteiger charge is -2.35. The maximum atomic E-state index is 10.8. The van der Waals surface area contributed by atoms with Crippen LogP contribution < -0.4 is 10.1 Å². The summed E-state index contributed by atoms with van der Waals surface area (Å²) in [5.74, 6) is -0.231. The fourth-order valence-corrected chi connectivity index (χ4v) is 2.28. The van der Waals surface area contributed by atoms with E-state index in [-0.39, 0.29) is 11.7 Å². The molecule has 0 radical (unpaired) electrons. The van der Waals surface area contributed by atoms with Crippen LogP contribution in [0.1, 0.15) is 23.2 Å². The Morgan fingerprint density at radius 3 is 2.76 bits per heavy atom. The van der Waals surface area contributed by atoms with E-state index in [2.05, 4.69) is 21.2 Å². The van der Waals surface area contributed by atoms with Gasteiger partial charge in [0, 0.05) is 6.04 Å². The van der Waals surface area contributed by atoms with Crippen LogP contribution in [0.15, 0.2) is 22.7 Å². The predicted octanol–water partition coefficient (Wildman–Crippen LogP) is 2.28. The summed E-state index contributed by atoms with van der Waals surface area (Å²) in [5.41, 5.74) is 0.255. The smallest absolute Gasteiger partial charge is 0.335 e. The van der Waals surface area contributed by atoms with Gasteiger partial charge in [-0.05, 0) is 54.0 Å². The molecule has 1 aromatic carbocycles. The van der Waals surface area contributed by atoms with Gasteiger partial charge in [0.2, 0.25) is 0 Å². The van der Waals surface area contributed by atoms with Crippen LogP contribution in [0.3, 0.4) is 0 Å². The summed E-state index contributed by atoms with van der Waals surface area (Å²) in [7, 11) is 1.94. The van der Waals surface area contributed by atoms with Crippen LogP contribution in [-0.4, -0.2) is 30.3 Å². The summed E-state index contributed by atoms with van der Waals surface area (Å²) in [6.45, 7) is 0. The Balaban J connectivity index is 2.00. The van der Waals surface area contributed by atoms with Gasteiger partial charge in [0.25, 0.3) is 0 Å². The molecule has 2 N–H and O–H groups in total. The predicted molar refractivity (Wildman–Crippen MR) is 67.6 cm³/mol. The van der Waals surface area contributed by atoms with Crippen LogP contribution in [0.5, 0.6) is 5.75 Å². The molecule has 17 heavy (non-hydrogen) atoms. The number of hydrogen-bond acceptors (Lipinski definition) is 3. The molecule has 4 nitrogen and oxygen atoms in total. The number of hydrogen-bond donors (Lipinski definition) is 2. The lowest BCUT2D eigenvalue weighted by Crippen LogP contribution is -2.45. The van der Waals surface area contributed by atoms with Crippen molar-refractivity contribution in [3.63, 3.8) is 0 Å². The van der Waals surface area contributed by atoms with Crippen molar-refractivity contribution in [3.8, 4) is 5.75 Å². The first kappa shape index (κ1) is 12.4. The van der Waals surface area contributed by atoms with Crippen molar-refractivity contribution < 1.29 is 14.6 Å². The minimum atomic E-state index is -0.934. The summed E-state index contributed by atoms with van der Waals surface area (Å²) in [5, 5.41) is 12.0. The highest BCUT2D eigenvalue weighted by Gasteiger charge is 2.29. The van der Waals surface area contributed by atoms with Crippen LogP contribution in [0.2, 0.25) is 0 Å². The van der Waals surface area contributed by atoms with E-state index < -0.39 is 5.97 Å². The van der Waals surface area contributed by atoms with E-state index in [0.717, 1.165) is 12.8 Å². The van der Waals surface area contributed by atoms with Gasteiger partial charge in [-0.3, -0.25) is 0 Å². The highest BCUT2D eigenvalue weighted by molar-refractivity contribution is 9.10. The minimum Gasteiger partial charge on any atom is -0.489 e. The first-order chi connectivity index (χ1) is 8.10. The van der Waals surface area contributed by atoms with E-state index in [1.807, 2.05) is 7.05 Å². The molecule has 1 aliphatic rings. The Hall–Kier alpha value is -1.07. The lowest BCUT2D eigenvalue weighted by molar-refractivity contribution is 0.0696. The van der Waals surface area contributed by atoms with Crippen LogP contribution in [0.25, 0.3) is 0 Å². The SMILES string of the molecule is CNC1CC(Oc2ccc(C(=O)O)cc2Br)C1. The van der Waals surface area contributed by atoms with Crippen molar-refractivity contribution in [2.45, 2.75) is 25.0 Å². The average molecular weight is 300 g/mol. The van der Waals surface area contributed by atoms with Crippen molar-refractivity contribution in [3.05, 3.63) is 28.2 Å². The van der Waals surface area contributed by atoms with Gasteiger partial charge in [-0.1, -0.05) is 0 Å². The van der Waals surface area contributed by atoms with Gasteiger partial charge >= 0.3 is 5.97 Å². The van der Waals surface area contributed by atoms with Gasteiger partial charge in [-0.2, -0.15) is 0 Å². The second-order valence-electron chi connectivity index (χ2n) is 4.15.